The van der Waals surface area contributed by atoms with E-state index in [0.717, 1.165) is 0 Å². The zero-order valence-electron chi connectivity index (χ0n) is 9.18. The van der Waals surface area contributed by atoms with Gasteiger partial charge in [-0.2, -0.15) is 18.3 Å². The molecule has 0 saturated carbocycles. The molecule has 0 saturated heterocycles. The van der Waals surface area contributed by atoms with Gasteiger partial charge in [-0.3, -0.25) is 0 Å². The molecule has 0 atom stereocenters. The van der Waals surface area contributed by atoms with E-state index in [4.69, 9.17) is 9.15 Å². The molecular formula is C6H16O8Si. The Hall–Kier alpha value is -0.103. The maximum Gasteiger partial charge on any atom is 0.792 e. The third-order valence-corrected chi connectivity index (χ3v) is 2.31. The van der Waals surface area contributed by atoms with Crippen molar-refractivity contribution in [1.29, 1.82) is 0 Å². The SMILES string of the molecule is CCOO[Si](OOC)(OOC)OOCC. The average Bonchev–Trinajstić information content (AvgIpc) is 2.24. The number of hydrogen-bond acceptors (Lipinski definition) is 8. The highest BCUT2D eigenvalue weighted by Gasteiger charge is 2.54. The van der Waals surface area contributed by atoms with Crippen molar-refractivity contribution in [2.45, 2.75) is 13.8 Å². The van der Waals surface area contributed by atoms with E-state index < -0.39 is 9.05 Å². The lowest BCUT2D eigenvalue weighted by atomic mass is 10.9. The second-order valence-corrected chi connectivity index (χ2v) is 3.65. The highest BCUT2D eigenvalue weighted by atomic mass is 28.4. The van der Waals surface area contributed by atoms with Gasteiger partial charge in [-0.05, 0) is 13.8 Å². The van der Waals surface area contributed by atoms with Gasteiger partial charge in [0.05, 0.1) is 27.4 Å². The Labute approximate surface area is 89.1 Å². The Balaban J connectivity index is 4.26. The van der Waals surface area contributed by atoms with E-state index >= 15 is 0 Å². The van der Waals surface area contributed by atoms with Crippen molar-refractivity contribution in [2.75, 3.05) is 27.4 Å². The Morgan fingerprint density at radius 1 is 0.733 bits per heavy atom. The van der Waals surface area contributed by atoms with Gasteiger partial charge in [0.25, 0.3) is 0 Å². The highest BCUT2D eigenvalue weighted by molar-refractivity contribution is 6.52. The van der Waals surface area contributed by atoms with Gasteiger partial charge < -0.3 is 0 Å². The molecule has 0 heterocycles. The minimum atomic E-state index is -3.73. The van der Waals surface area contributed by atoms with Gasteiger partial charge in [-0.25, -0.2) is 19.6 Å². The molecule has 0 amide bonds. The highest BCUT2D eigenvalue weighted by Crippen LogP contribution is 2.13. The predicted octanol–water partition coefficient (Wildman–Crippen LogP) is 0.514. The second kappa shape index (κ2) is 9.15. The molecule has 0 rings (SSSR count). The van der Waals surface area contributed by atoms with Crippen LogP contribution in [0.25, 0.3) is 0 Å². The fourth-order valence-corrected chi connectivity index (χ4v) is 1.65. The van der Waals surface area contributed by atoms with Gasteiger partial charge in [-0.15, -0.1) is 0 Å². The van der Waals surface area contributed by atoms with Crippen LogP contribution in [0.1, 0.15) is 13.8 Å². The molecule has 0 bridgehead atoms. The van der Waals surface area contributed by atoms with Crippen molar-refractivity contribution in [1.82, 2.24) is 0 Å². The van der Waals surface area contributed by atoms with Gasteiger partial charge >= 0.3 is 9.05 Å². The Bertz CT molecular complexity index is 129. The largest absolute Gasteiger partial charge is 0.792 e. The van der Waals surface area contributed by atoms with Crippen LogP contribution < -0.4 is 0 Å². The molecule has 0 aromatic carbocycles. The molecule has 0 aliphatic heterocycles. The molecule has 0 unspecified atom stereocenters. The monoisotopic (exact) mass is 244 g/mol. The first-order valence-corrected chi connectivity index (χ1v) is 5.92. The summed E-state index contributed by atoms with van der Waals surface area (Å²) < 4.78 is 18.9. The van der Waals surface area contributed by atoms with E-state index in [2.05, 4.69) is 28.7 Å². The van der Waals surface area contributed by atoms with Gasteiger partial charge in [0, 0.05) is 0 Å². The van der Waals surface area contributed by atoms with Crippen molar-refractivity contribution in [2.24, 2.45) is 0 Å². The molecule has 0 aliphatic carbocycles. The lowest BCUT2D eigenvalue weighted by Crippen LogP contribution is -2.48. The van der Waals surface area contributed by atoms with E-state index in [0.29, 0.717) is 0 Å². The molecule has 0 radical (unpaired) electrons. The zero-order chi connectivity index (χ0) is 11.6. The first-order chi connectivity index (χ1) is 7.24. The van der Waals surface area contributed by atoms with Crippen LogP contribution in [0.5, 0.6) is 0 Å². The van der Waals surface area contributed by atoms with Crippen LogP contribution in [-0.2, 0) is 37.9 Å². The van der Waals surface area contributed by atoms with Crippen molar-refractivity contribution in [3.63, 3.8) is 0 Å². The molecule has 0 fully saturated rings. The van der Waals surface area contributed by atoms with E-state index in [9.17, 15) is 0 Å². The van der Waals surface area contributed by atoms with Crippen LogP contribution >= 0.6 is 0 Å². The summed E-state index contributed by atoms with van der Waals surface area (Å²) in [6, 6.07) is 0. The van der Waals surface area contributed by atoms with Crippen LogP contribution in [0.4, 0.5) is 0 Å². The van der Waals surface area contributed by atoms with Gasteiger partial charge in [-0.1, -0.05) is 0 Å². The Morgan fingerprint density at radius 3 is 1.40 bits per heavy atom. The van der Waals surface area contributed by atoms with Crippen molar-refractivity contribution < 1.29 is 37.9 Å². The fraction of sp³-hybridized carbons (Fsp3) is 1.00. The first-order valence-electron chi connectivity index (χ1n) is 4.29. The van der Waals surface area contributed by atoms with E-state index in [1.54, 1.807) is 13.8 Å². The molecule has 0 spiro atoms. The van der Waals surface area contributed by atoms with E-state index in [1.165, 1.54) is 14.2 Å². The summed E-state index contributed by atoms with van der Waals surface area (Å²) in [5.74, 6) is 0. The van der Waals surface area contributed by atoms with Crippen LogP contribution in [-0.4, -0.2) is 36.5 Å². The molecule has 0 N–H and O–H groups in total. The molecule has 0 aromatic heterocycles. The van der Waals surface area contributed by atoms with Gasteiger partial charge in [0.15, 0.2) is 0 Å². The lowest BCUT2D eigenvalue weighted by molar-refractivity contribution is -0.418. The third kappa shape index (κ3) is 6.14. The normalized spacial score (nSPS) is 12.0. The second-order valence-electron chi connectivity index (χ2n) is 1.98. The molecule has 92 valence electrons. The van der Waals surface area contributed by atoms with Crippen LogP contribution in [0.2, 0.25) is 0 Å². The predicted molar refractivity (Wildman–Crippen MR) is 47.4 cm³/mol. The first kappa shape index (κ1) is 14.9. The van der Waals surface area contributed by atoms with E-state index in [-0.39, 0.29) is 13.2 Å². The maximum atomic E-state index is 4.76. The smallest absolute Gasteiger partial charge is 0.245 e. The van der Waals surface area contributed by atoms with Crippen LogP contribution in [0.3, 0.4) is 0 Å². The summed E-state index contributed by atoms with van der Waals surface area (Å²) in [5, 5.41) is 0. The molecule has 15 heavy (non-hydrogen) atoms. The summed E-state index contributed by atoms with van der Waals surface area (Å²) in [5.41, 5.74) is 0. The van der Waals surface area contributed by atoms with Crippen molar-refractivity contribution in [3.8, 4) is 0 Å². The van der Waals surface area contributed by atoms with Gasteiger partial charge in [0.2, 0.25) is 0 Å². The standard InChI is InChI=1S/C6H16O8Si/c1-5-9-13-15(11-7-3,12-8-4)14-10-6-2/h5-6H2,1-4H3. The third-order valence-electron chi connectivity index (χ3n) is 0.928. The molecule has 8 nitrogen and oxygen atoms in total. The van der Waals surface area contributed by atoms with E-state index in [1.807, 2.05) is 0 Å². The Kier molecular flexibility index (Phi) is 9.08. The number of rotatable bonds is 10. The van der Waals surface area contributed by atoms with Crippen molar-refractivity contribution >= 4 is 9.05 Å². The molecular weight excluding hydrogens is 228 g/mol. The summed E-state index contributed by atoms with van der Waals surface area (Å²) in [4.78, 5) is 18.1. The maximum absolute atomic E-state index is 4.76. The summed E-state index contributed by atoms with van der Waals surface area (Å²) >= 11 is 0. The van der Waals surface area contributed by atoms with Crippen molar-refractivity contribution in [3.05, 3.63) is 0 Å². The minimum Gasteiger partial charge on any atom is -0.245 e. The molecule has 0 aromatic rings. The Morgan fingerprint density at radius 2 is 1.13 bits per heavy atom. The summed E-state index contributed by atoms with van der Waals surface area (Å²) in [6.07, 6.45) is 0. The van der Waals surface area contributed by atoms with Crippen LogP contribution in [0.15, 0.2) is 0 Å². The summed E-state index contributed by atoms with van der Waals surface area (Å²) in [7, 11) is -1.22. The number of hydrogen-bond donors (Lipinski definition) is 0. The van der Waals surface area contributed by atoms with Gasteiger partial charge in [0.1, 0.15) is 0 Å². The quantitative estimate of drug-likeness (QED) is 0.313. The minimum absolute atomic E-state index is 0.268. The van der Waals surface area contributed by atoms with Crippen LogP contribution in [0, 0.1) is 0 Å². The fourth-order valence-electron chi connectivity index (χ4n) is 0.550. The molecule has 9 heteroatoms. The molecule has 0 aliphatic rings. The average molecular weight is 244 g/mol. The lowest BCUT2D eigenvalue weighted by Gasteiger charge is -2.21. The zero-order valence-corrected chi connectivity index (χ0v) is 10.2. The topological polar surface area (TPSA) is 73.8 Å². The summed E-state index contributed by atoms with van der Waals surface area (Å²) in [6.45, 7) is 3.95.